The molecule has 0 bridgehead atoms. The number of primary amides is 1. The van der Waals surface area contributed by atoms with Gasteiger partial charge in [0.05, 0.1) is 18.8 Å². The van der Waals surface area contributed by atoms with E-state index in [-0.39, 0.29) is 7.33 Å². The fraction of sp³-hybridized carbons (Fsp3) is 0.905. The van der Waals surface area contributed by atoms with Gasteiger partial charge in [-0.05, 0) is 52.4 Å². The van der Waals surface area contributed by atoms with Gasteiger partial charge in [0, 0.05) is 20.4 Å². The van der Waals surface area contributed by atoms with Crippen LogP contribution in [0.4, 0.5) is 0 Å². The molecule has 2 fully saturated rings. The van der Waals surface area contributed by atoms with Crippen LogP contribution in [0, 0.1) is 5.92 Å². The summed E-state index contributed by atoms with van der Waals surface area (Å²) in [5, 5.41) is 0. The number of ether oxygens (including phenoxy) is 2. The van der Waals surface area contributed by atoms with Gasteiger partial charge in [-0.1, -0.05) is 33.1 Å². The molecular formula is C21H43NO4. The monoisotopic (exact) mass is 373 g/mol. The summed E-state index contributed by atoms with van der Waals surface area (Å²) in [5.74, 6) is 0.520. The van der Waals surface area contributed by atoms with Crippen LogP contribution in [0.2, 0.25) is 0 Å². The minimum absolute atomic E-state index is 0. The van der Waals surface area contributed by atoms with E-state index in [0.29, 0.717) is 36.9 Å². The summed E-state index contributed by atoms with van der Waals surface area (Å²) in [6, 6.07) is 0. The maximum absolute atomic E-state index is 10.8. The van der Waals surface area contributed by atoms with Gasteiger partial charge in [-0.2, -0.15) is 0 Å². The number of carbonyl (C=O) groups excluding carboxylic acids is 2. The summed E-state index contributed by atoms with van der Waals surface area (Å²) in [5.41, 5.74) is 5.03. The number of rotatable bonds is 7. The molecule has 26 heavy (non-hydrogen) atoms. The van der Waals surface area contributed by atoms with Gasteiger partial charge in [0.1, 0.15) is 5.78 Å². The quantitative estimate of drug-likeness (QED) is 0.704. The molecular weight excluding hydrogens is 330 g/mol. The first-order chi connectivity index (χ1) is 12.5. The van der Waals surface area contributed by atoms with Gasteiger partial charge >= 0.3 is 0 Å². The lowest BCUT2D eigenvalue weighted by molar-refractivity contribution is -0.121. The fourth-order valence-electron chi connectivity index (χ4n) is 3.44. The Hall–Kier alpha value is -0.940. The van der Waals surface area contributed by atoms with Crippen molar-refractivity contribution in [1.29, 1.82) is 0 Å². The van der Waals surface area contributed by atoms with Crippen molar-refractivity contribution in [3.63, 3.8) is 0 Å². The number of nitrogens with two attached hydrogens (primary N) is 1. The highest BCUT2D eigenvalue weighted by molar-refractivity contribution is 5.78. The standard InChI is InChI=1S/C11H21NO3.C8H14O.C2H6.H2/c1-2-14-9-3-5-10(6-4-9)15-8-7-11(12)13;1-7(9)8-5-3-2-4-6-8;1-2;/h9-10H,2-8H2,1H3,(H2,12,13);8H,2-6H2,1H3;1-2H3;1H. The van der Waals surface area contributed by atoms with Gasteiger partial charge < -0.3 is 15.2 Å². The molecule has 2 N–H and O–H groups in total. The van der Waals surface area contributed by atoms with Crippen molar-refractivity contribution < 1.29 is 20.5 Å². The van der Waals surface area contributed by atoms with Crippen molar-refractivity contribution in [3.8, 4) is 0 Å². The Morgan fingerprint density at radius 1 is 0.923 bits per heavy atom. The van der Waals surface area contributed by atoms with Crippen LogP contribution in [0.1, 0.15) is 93.3 Å². The zero-order chi connectivity index (χ0) is 19.8. The molecule has 156 valence electrons. The average molecular weight is 374 g/mol. The summed E-state index contributed by atoms with van der Waals surface area (Å²) in [7, 11) is 0. The van der Waals surface area contributed by atoms with E-state index in [9.17, 15) is 9.59 Å². The second-order valence-corrected chi connectivity index (χ2v) is 6.89. The molecule has 2 aliphatic rings. The molecule has 0 aromatic heterocycles. The number of hydrogen-bond donors (Lipinski definition) is 1. The van der Waals surface area contributed by atoms with E-state index in [1.165, 1.54) is 19.3 Å². The molecule has 5 heteroatoms. The molecule has 2 rings (SSSR count). The lowest BCUT2D eigenvalue weighted by Gasteiger charge is -2.28. The van der Waals surface area contributed by atoms with Crippen molar-refractivity contribution in [3.05, 3.63) is 0 Å². The molecule has 5 nitrogen and oxygen atoms in total. The topological polar surface area (TPSA) is 78.6 Å². The Balaban J connectivity index is 0. The van der Waals surface area contributed by atoms with E-state index < -0.39 is 0 Å². The second-order valence-electron chi connectivity index (χ2n) is 6.89. The second kappa shape index (κ2) is 16.2. The van der Waals surface area contributed by atoms with Gasteiger partial charge in [-0.3, -0.25) is 9.59 Å². The smallest absolute Gasteiger partial charge is 0.219 e. The Morgan fingerprint density at radius 2 is 1.42 bits per heavy atom. The Bertz CT molecular complexity index is 365. The average Bonchev–Trinajstić information content (AvgIpc) is 2.66. The fourth-order valence-corrected chi connectivity index (χ4v) is 3.44. The van der Waals surface area contributed by atoms with Crippen LogP contribution < -0.4 is 5.73 Å². The van der Waals surface area contributed by atoms with E-state index in [1.807, 2.05) is 20.8 Å². The largest absolute Gasteiger partial charge is 0.379 e. The minimum Gasteiger partial charge on any atom is -0.379 e. The lowest BCUT2D eigenvalue weighted by Crippen LogP contribution is -2.27. The first-order valence-electron chi connectivity index (χ1n) is 10.5. The van der Waals surface area contributed by atoms with Crippen LogP contribution >= 0.6 is 0 Å². The molecule has 0 heterocycles. The third kappa shape index (κ3) is 12.4. The van der Waals surface area contributed by atoms with Crippen LogP contribution in [-0.2, 0) is 19.1 Å². The molecule has 1 amide bonds. The number of carbonyl (C=O) groups is 2. The maximum atomic E-state index is 10.8. The van der Waals surface area contributed by atoms with E-state index in [2.05, 4.69) is 0 Å². The van der Waals surface area contributed by atoms with Gasteiger partial charge in [-0.15, -0.1) is 0 Å². The van der Waals surface area contributed by atoms with E-state index >= 15 is 0 Å². The summed E-state index contributed by atoms with van der Waals surface area (Å²) >= 11 is 0. The number of hydrogen-bond acceptors (Lipinski definition) is 4. The first kappa shape index (κ1) is 25.1. The highest BCUT2D eigenvalue weighted by atomic mass is 16.5. The highest BCUT2D eigenvalue weighted by Gasteiger charge is 2.21. The Labute approximate surface area is 161 Å². The SMILES string of the molecule is CC.CC(=O)C1CCCCC1.CCOC1CCC(OCCC(N)=O)CC1.[HH]. The molecule has 2 aliphatic carbocycles. The van der Waals surface area contributed by atoms with E-state index in [1.54, 1.807) is 6.92 Å². The maximum Gasteiger partial charge on any atom is 0.219 e. The van der Waals surface area contributed by atoms with Crippen LogP contribution in [0.3, 0.4) is 0 Å². The van der Waals surface area contributed by atoms with Crippen molar-refractivity contribution in [1.82, 2.24) is 0 Å². The Kier molecular flexibility index (Phi) is 15.7. The first-order valence-corrected chi connectivity index (χ1v) is 10.5. The predicted octanol–water partition coefficient (Wildman–Crippen LogP) is 4.65. The van der Waals surface area contributed by atoms with Gasteiger partial charge in [0.15, 0.2) is 0 Å². The van der Waals surface area contributed by atoms with Crippen molar-refractivity contribution in [2.45, 2.75) is 104 Å². The minimum atomic E-state index is -0.294. The third-order valence-corrected chi connectivity index (χ3v) is 4.91. The summed E-state index contributed by atoms with van der Waals surface area (Å²) in [4.78, 5) is 21.3. The highest BCUT2D eigenvalue weighted by Crippen LogP contribution is 2.24. The Morgan fingerprint density at radius 3 is 1.81 bits per heavy atom. The van der Waals surface area contributed by atoms with Crippen LogP contribution in [0.5, 0.6) is 0 Å². The number of amides is 1. The van der Waals surface area contributed by atoms with E-state index in [4.69, 9.17) is 15.2 Å². The molecule has 0 aromatic carbocycles. The van der Waals surface area contributed by atoms with Gasteiger partial charge in [0.25, 0.3) is 0 Å². The third-order valence-electron chi connectivity index (χ3n) is 4.91. The van der Waals surface area contributed by atoms with Crippen molar-refractivity contribution >= 4 is 11.7 Å². The zero-order valence-electron chi connectivity index (χ0n) is 17.4. The number of ketones is 1. The molecule has 0 radical (unpaired) electrons. The van der Waals surface area contributed by atoms with Crippen LogP contribution in [0.15, 0.2) is 0 Å². The summed E-state index contributed by atoms with van der Waals surface area (Å²) in [6.07, 6.45) is 11.4. The number of Topliss-reactive ketones (excluding diaryl/α,β-unsaturated/α-hetero) is 1. The summed E-state index contributed by atoms with van der Waals surface area (Å²) < 4.78 is 11.1. The molecule has 2 saturated carbocycles. The molecule has 0 atom stereocenters. The van der Waals surface area contributed by atoms with Crippen molar-refractivity contribution in [2.75, 3.05) is 13.2 Å². The molecule has 0 saturated heterocycles. The zero-order valence-corrected chi connectivity index (χ0v) is 17.4. The van der Waals surface area contributed by atoms with Gasteiger partial charge in [0.2, 0.25) is 5.91 Å². The molecule has 0 unspecified atom stereocenters. The summed E-state index contributed by atoms with van der Waals surface area (Å²) in [6.45, 7) is 8.99. The molecule has 0 aromatic rings. The van der Waals surface area contributed by atoms with Crippen LogP contribution in [0.25, 0.3) is 0 Å². The molecule has 0 aliphatic heterocycles. The van der Waals surface area contributed by atoms with Crippen molar-refractivity contribution in [2.24, 2.45) is 11.7 Å². The van der Waals surface area contributed by atoms with Crippen LogP contribution in [-0.4, -0.2) is 37.1 Å². The van der Waals surface area contributed by atoms with Gasteiger partial charge in [-0.25, -0.2) is 0 Å². The van der Waals surface area contributed by atoms with E-state index in [0.717, 1.165) is 45.1 Å². The normalized spacial score (nSPS) is 23.1. The lowest BCUT2D eigenvalue weighted by atomic mass is 9.87. The predicted molar refractivity (Wildman–Crippen MR) is 108 cm³/mol. The molecule has 0 spiro atoms.